The Labute approximate surface area is 225 Å². The molecule has 192 valence electrons. The zero-order valence-corrected chi connectivity index (χ0v) is 21.0. The lowest BCUT2D eigenvalue weighted by molar-refractivity contribution is 0.0492. The van der Waals surface area contributed by atoms with Gasteiger partial charge in [0.05, 0.1) is 34.7 Å². The zero-order valence-electron chi connectivity index (χ0n) is 21.0. The fraction of sp³-hybridized carbons (Fsp3) is 0.161. The number of imide groups is 1. The molecule has 0 saturated heterocycles. The highest BCUT2D eigenvalue weighted by molar-refractivity contribution is 6.34. The molecule has 39 heavy (non-hydrogen) atoms. The van der Waals surface area contributed by atoms with Gasteiger partial charge in [-0.3, -0.25) is 19.2 Å². The number of unbranched alkanes of at least 4 members (excludes halogenated alkanes) is 1. The van der Waals surface area contributed by atoms with E-state index in [0.717, 1.165) is 16.4 Å². The summed E-state index contributed by atoms with van der Waals surface area (Å²) in [7, 11) is 0. The summed E-state index contributed by atoms with van der Waals surface area (Å²) in [6, 6.07) is 13.7. The van der Waals surface area contributed by atoms with Crippen LogP contribution in [0.3, 0.4) is 0 Å². The average molecular weight is 519 g/mol. The minimum Gasteiger partial charge on any atom is -0.462 e. The summed E-state index contributed by atoms with van der Waals surface area (Å²) in [6.45, 7) is 2.20. The van der Waals surface area contributed by atoms with Crippen molar-refractivity contribution in [2.24, 2.45) is 0 Å². The Kier molecular flexibility index (Phi) is 6.72. The Morgan fingerprint density at radius 1 is 0.872 bits per heavy atom. The first-order chi connectivity index (χ1) is 18.9. The second-order valence-corrected chi connectivity index (χ2v) is 8.97. The predicted molar refractivity (Wildman–Crippen MR) is 143 cm³/mol. The number of carbonyl (C=O) groups excluding carboxylic acids is 4. The van der Waals surface area contributed by atoms with Gasteiger partial charge in [-0.25, -0.2) is 9.69 Å². The van der Waals surface area contributed by atoms with Gasteiger partial charge in [0.25, 0.3) is 17.7 Å². The van der Waals surface area contributed by atoms with Gasteiger partial charge < -0.3 is 4.74 Å². The molecule has 8 nitrogen and oxygen atoms in total. The van der Waals surface area contributed by atoms with E-state index in [0.29, 0.717) is 28.7 Å². The molecule has 0 unspecified atom stereocenters. The van der Waals surface area contributed by atoms with Gasteiger partial charge in [-0.15, -0.1) is 12.8 Å². The first-order valence-corrected chi connectivity index (χ1v) is 12.2. The smallest absolute Gasteiger partial charge is 0.338 e. The lowest BCUT2D eigenvalue weighted by Crippen LogP contribution is -2.36. The maximum Gasteiger partial charge on any atom is 0.338 e. The fourth-order valence-electron chi connectivity index (χ4n) is 4.42. The third-order valence-corrected chi connectivity index (χ3v) is 6.45. The number of benzene rings is 3. The molecule has 5 rings (SSSR count). The monoisotopic (exact) mass is 518 g/mol. The molecule has 0 N–H and O–H groups in total. The van der Waals surface area contributed by atoms with Crippen molar-refractivity contribution in [1.29, 1.82) is 0 Å². The van der Waals surface area contributed by atoms with Crippen molar-refractivity contribution < 1.29 is 28.8 Å². The quantitative estimate of drug-likeness (QED) is 0.207. The molecule has 3 amide bonds. The van der Waals surface area contributed by atoms with E-state index in [4.69, 9.17) is 22.4 Å². The highest BCUT2D eigenvalue weighted by Crippen LogP contribution is 2.35. The highest BCUT2D eigenvalue weighted by atomic mass is 16.7. The van der Waals surface area contributed by atoms with Crippen LogP contribution in [0.4, 0.5) is 11.4 Å². The van der Waals surface area contributed by atoms with E-state index in [2.05, 4.69) is 11.8 Å². The van der Waals surface area contributed by atoms with Crippen LogP contribution in [0, 0.1) is 24.7 Å². The molecule has 0 radical (unpaired) electrons. The van der Waals surface area contributed by atoms with E-state index in [1.165, 1.54) is 30.3 Å². The Morgan fingerprint density at radius 2 is 1.54 bits per heavy atom. The van der Waals surface area contributed by atoms with Crippen LogP contribution < -0.4 is 9.96 Å². The number of terminal acetylenes is 2. The van der Waals surface area contributed by atoms with Crippen molar-refractivity contribution in [3.8, 4) is 24.7 Å². The van der Waals surface area contributed by atoms with Gasteiger partial charge in [0.1, 0.15) is 6.61 Å². The van der Waals surface area contributed by atoms with Crippen molar-refractivity contribution in [3.05, 3.63) is 93.5 Å². The van der Waals surface area contributed by atoms with E-state index in [1.807, 2.05) is 6.92 Å². The summed E-state index contributed by atoms with van der Waals surface area (Å²) < 4.78 is 5.37. The van der Waals surface area contributed by atoms with Gasteiger partial charge in [-0.05, 0) is 66.6 Å². The Bertz CT molecular complexity index is 1640. The maximum atomic E-state index is 13.4. The van der Waals surface area contributed by atoms with Crippen LogP contribution in [-0.4, -0.2) is 30.3 Å². The summed E-state index contributed by atoms with van der Waals surface area (Å²) in [5.41, 5.74) is 2.65. The molecule has 0 atom stereocenters. The highest BCUT2D eigenvalue weighted by Gasteiger charge is 2.38. The standard InChI is InChI=1S/C31H22N2O6/c1-4-7-12-38-31(37)21-15-23(32-28(34)26-11-9-20(6-3)14-27(26)29(32)35)17-24(16-21)33-30(36)25-10-8-19(5-2)13-22(25)18-39-33/h2-3,8-11,13-17H,4,7,12,18H2,1H3. The number of amides is 3. The van der Waals surface area contributed by atoms with Gasteiger partial charge in [0.2, 0.25) is 0 Å². The van der Waals surface area contributed by atoms with E-state index in [9.17, 15) is 19.2 Å². The van der Waals surface area contributed by atoms with Gasteiger partial charge in [0, 0.05) is 16.7 Å². The second kappa shape index (κ2) is 10.3. The molecule has 0 fully saturated rings. The van der Waals surface area contributed by atoms with Crippen molar-refractivity contribution in [2.75, 3.05) is 16.6 Å². The van der Waals surface area contributed by atoms with Gasteiger partial charge in [-0.1, -0.05) is 25.2 Å². The Balaban J connectivity index is 1.57. The van der Waals surface area contributed by atoms with E-state index in [-0.39, 0.29) is 41.3 Å². The third-order valence-electron chi connectivity index (χ3n) is 6.45. The minimum absolute atomic E-state index is 0.0407. The average Bonchev–Trinajstić information content (AvgIpc) is 3.21. The molecule has 0 spiro atoms. The van der Waals surface area contributed by atoms with Crippen LogP contribution in [0.25, 0.3) is 0 Å². The first kappa shape index (κ1) is 25.5. The van der Waals surface area contributed by atoms with Crippen LogP contribution in [0.2, 0.25) is 0 Å². The molecule has 0 saturated carbocycles. The fourth-order valence-corrected chi connectivity index (χ4v) is 4.42. The van der Waals surface area contributed by atoms with Crippen molar-refractivity contribution in [1.82, 2.24) is 0 Å². The van der Waals surface area contributed by atoms with Crippen molar-refractivity contribution in [3.63, 3.8) is 0 Å². The number of anilines is 2. The second-order valence-electron chi connectivity index (χ2n) is 8.97. The molecule has 2 aliphatic rings. The first-order valence-electron chi connectivity index (χ1n) is 12.2. The summed E-state index contributed by atoms with van der Waals surface area (Å²) >= 11 is 0. The summed E-state index contributed by atoms with van der Waals surface area (Å²) in [5, 5.41) is 1.03. The van der Waals surface area contributed by atoms with Gasteiger partial charge in [0.15, 0.2) is 0 Å². The van der Waals surface area contributed by atoms with E-state index < -0.39 is 23.7 Å². The minimum atomic E-state index is -0.665. The molecule has 0 aromatic heterocycles. The summed E-state index contributed by atoms with van der Waals surface area (Å²) in [6.07, 6.45) is 12.4. The number of esters is 1. The number of rotatable bonds is 6. The normalized spacial score (nSPS) is 14.0. The molecule has 3 aromatic carbocycles. The molecule has 2 aliphatic heterocycles. The van der Waals surface area contributed by atoms with Crippen LogP contribution >= 0.6 is 0 Å². The number of fused-ring (bicyclic) bond motifs is 2. The molecule has 2 heterocycles. The number of hydroxylamine groups is 1. The van der Waals surface area contributed by atoms with E-state index in [1.54, 1.807) is 24.3 Å². The van der Waals surface area contributed by atoms with Crippen molar-refractivity contribution >= 4 is 35.1 Å². The Hall–Kier alpha value is -5.18. The number of nitrogens with zero attached hydrogens (tertiary/aromatic N) is 2. The van der Waals surface area contributed by atoms with Crippen LogP contribution in [0.5, 0.6) is 0 Å². The SMILES string of the molecule is C#Cc1ccc2c(c1)CON(c1cc(C(=O)OCCCC)cc(N3C(=O)c4ccc(C#C)cc4C3=O)c1)C2=O. The summed E-state index contributed by atoms with van der Waals surface area (Å²) in [4.78, 5) is 59.6. The number of ether oxygens (including phenoxy) is 1. The lowest BCUT2D eigenvalue weighted by atomic mass is 10.0. The largest absolute Gasteiger partial charge is 0.462 e. The maximum absolute atomic E-state index is 13.4. The predicted octanol–water partition coefficient (Wildman–Crippen LogP) is 4.50. The van der Waals surface area contributed by atoms with Crippen molar-refractivity contribution in [2.45, 2.75) is 26.4 Å². The molecular weight excluding hydrogens is 496 g/mol. The lowest BCUT2D eigenvalue weighted by Gasteiger charge is -2.29. The molecular formula is C31H22N2O6. The van der Waals surface area contributed by atoms with Crippen LogP contribution in [-0.2, 0) is 16.2 Å². The molecule has 0 aliphatic carbocycles. The zero-order chi connectivity index (χ0) is 27.7. The molecule has 8 heteroatoms. The van der Waals surface area contributed by atoms with E-state index >= 15 is 0 Å². The molecule has 3 aromatic rings. The van der Waals surface area contributed by atoms with Gasteiger partial charge >= 0.3 is 5.97 Å². The summed E-state index contributed by atoms with van der Waals surface area (Å²) in [5.74, 6) is 2.63. The van der Waals surface area contributed by atoms with Crippen LogP contribution in [0.15, 0.2) is 54.6 Å². The van der Waals surface area contributed by atoms with Crippen LogP contribution in [0.1, 0.15) is 77.9 Å². The third kappa shape index (κ3) is 4.54. The van der Waals surface area contributed by atoms with Gasteiger partial charge in [-0.2, -0.15) is 5.06 Å². The number of carbonyl (C=O) groups is 4. The Morgan fingerprint density at radius 3 is 2.26 bits per heavy atom. The number of hydrogen-bond donors (Lipinski definition) is 0. The topological polar surface area (TPSA) is 93.2 Å². The molecule has 0 bridgehead atoms. The number of hydrogen-bond acceptors (Lipinski definition) is 6.